The van der Waals surface area contributed by atoms with E-state index in [9.17, 15) is 9.59 Å². The first-order valence-corrected chi connectivity index (χ1v) is 7.88. The molecule has 2 aromatic rings. The van der Waals surface area contributed by atoms with Gasteiger partial charge in [-0.3, -0.25) is 20.4 Å². The number of nitrogens with zero attached hydrogens (tertiary/aromatic N) is 1. The molecule has 0 aliphatic carbocycles. The fraction of sp³-hybridized carbons (Fsp3) is 0.118. The van der Waals surface area contributed by atoms with Crippen LogP contribution in [0.1, 0.15) is 22.8 Å². The number of carbonyl (C=O) groups excluding carboxylic acids is 2. The van der Waals surface area contributed by atoms with Crippen molar-refractivity contribution in [1.29, 1.82) is 5.26 Å². The van der Waals surface area contributed by atoms with Crippen LogP contribution in [0, 0.1) is 11.3 Å². The predicted octanol–water partition coefficient (Wildman–Crippen LogP) is 3.09. The van der Waals surface area contributed by atoms with E-state index in [0.29, 0.717) is 16.3 Å². The van der Waals surface area contributed by atoms with Crippen molar-refractivity contribution in [1.82, 2.24) is 10.9 Å². The summed E-state index contributed by atoms with van der Waals surface area (Å²) in [5.41, 5.74) is 5.26. The van der Waals surface area contributed by atoms with E-state index in [4.69, 9.17) is 33.2 Å². The van der Waals surface area contributed by atoms with E-state index in [2.05, 4.69) is 10.9 Å². The van der Waals surface area contributed by atoms with Crippen molar-refractivity contribution in [3.05, 3.63) is 63.6 Å². The standard InChI is InChI=1S/C17H13Cl2N3O3/c1-10(25-13-5-2-11(9-20)3-6-13)16(23)21-22-17(24)12-4-7-14(18)15(19)8-12/h2-8,10H,1H3,(H,21,23)(H,22,24). The molecule has 0 heterocycles. The number of amides is 2. The Morgan fingerprint density at radius 2 is 1.76 bits per heavy atom. The maximum absolute atomic E-state index is 12.0. The largest absolute Gasteiger partial charge is 0.481 e. The molecule has 2 N–H and O–H groups in total. The number of nitrogens with one attached hydrogen (secondary N) is 2. The Morgan fingerprint density at radius 1 is 1.08 bits per heavy atom. The molecule has 0 aliphatic rings. The lowest BCUT2D eigenvalue weighted by atomic mass is 10.2. The minimum atomic E-state index is -0.859. The Bertz CT molecular complexity index is 832. The van der Waals surface area contributed by atoms with Crippen LogP contribution in [-0.4, -0.2) is 17.9 Å². The molecule has 0 aliphatic heterocycles. The third-order valence-electron chi connectivity index (χ3n) is 3.15. The number of carbonyl (C=O) groups is 2. The van der Waals surface area contributed by atoms with Crippen LogP contribution in [0.3, 0.4) is 0 Å². The Hall–Kier alpha value is -2.75. The van der Waals surface area contributed by atoms with Crippen LogP contribution in [0.2, 0.25) is 10.0 Å². The summed E-state index contributed by atoms with van der Waals surface area (Å²) in [6.45, 7) is 1.53. The van der Waals surface area contributed by atoms with E-state index in [1.165, 1.54) is 25.1 Å². The van der Waals surface area contributed by atoms with Crippen LogP contribution in [-0.2, 0) is 4.79 Å². The zero-order valence-corrected chi connectivity index (χ0v) is 14.6. The molecule has 0 saturated carbocycles. The molecule has 1 atom stereocenters. The quantitative estimate of drug-likeness (QED) is 0.800. The van der Waals surface area contributed by atoms with Crippen LogP contribution in [0.15, 0.2) is 42.5 Å². The Kier molecular flexibility index (Phi) is 6.23. The number of ether oxygens (including phenoxy) is 1. The van der Waals surface area contributed by atoms with Crippen molar-refractivity contribution in [3.63, 3.8) is 0 Å². The lowest BCUT2D eigenvalue weighted by Gasteiger charge is -2.15. The summed E-state index contributed by atoms with van der Waals surface area (Å²) in [5, 5.41) is 9.30. The van der Waals surface area contributed by atoms with Gasteiger partial charge in [0.1, 0.15) is 5.75 Å². The molecule has 0 radical (unpaired) electrons. The van der Waals surface area contributed by atoms with E-state index in [0.717, 1.165) is 0 Å². The molecule has 0 saturated heterocycles. The van der Waals surface area contributed by atoms with E-state index in [1.54, 1.807) is 24.3 Å². The molecule has 1 unspecified atom stereocenters. The molecule has 2 rings (SSSR count). The van der Waals surface area contributed by atoms with Gasteiger partial charge in [-0.15, -0.1) is 0 Å². The maximum Gasteiger partial charge on any atom is 0.279 e. The molecular formula is C17H13Cl2N3O3. The van der Waals surface area contributed by atoms with Gasteiger partial charge in [-0.2, -0.15) is 5.26 Å². The van der Waals surface area contributed by atoms with Crippen molar-refractivity contribution in [3.8, 4) is 11.8 Å². The van der Waals surface area contributed by atoms with E-state index in [1.807, 2.05) is 6.07 Å². The lowest BCUT2D eigenvalue weighted by Crippen LogP contribution is -2.47. The summed E-state index contributed by atoms with van der Waals surface area (Å²) >= 11 is 11.6. The summed E-state index contributed by atoms with van der Waals surface area (Å²) in [7, 11) is 0. The smallest absolute Gasteiger partial charge is 0.279 e. The summed E-state index contributed by atoms with van der Waals surface area (Å²) in [5.74, 6) is -0.660. The molecule has 8 heteroatoms. The Morgan fingerprint density at radius 3 is 2.36 bits per heavy atom. The van der Waals surface area contributed by atoms with Gasteiger partial charge in [0.25, 0.3) is 11.8 Å². The zero-order valence-electron chi connectivity index (χ0n) is 13.0. The SMILES string of the molecule is CC(Oc1ccc(C#N)cc1)C(=O)NNC(=O)c1ccc(Cl)c(Cl)c1. The van der Waals surface area contributed by atoms with Gasteiger partial charge in [0.15, 0.2) is 6.10 Å². The first kappa shape index (κ1) is 18.6. The van der Waals surface area contributed by atoms with Crippen LogP contribution < -0.4 is 15.6 Å². The average molecular weight is 378 g/mol. The van der Waals surface area contributed by atoms with Gasteiger partial charge >= 0.3 is 0 Å². The summed E-state index contributed by atoms with van der Waals surface area (Å²) < 4.78 is 5.44. The third-order valence-corrected chi connectivity index (χ3v) is 3.89. The van der Waals surface area contributed by atoms with Gasteiger partial charge in [0.05, 0.1) is 21.7 Å². The molecule has 6 nitrogen and oxygen atoms in total. The first-order valence-electron chi connectivity index (χ1n) is 7.13. The lowest BCUT2D eigenvalue weighted by molar-refractivity contribution is -0.128. The highest BCUT2D eigenvalue weighted by Gasteiger charge is 2.16. The highest BCUT2D eigenvalue weighted by molar-refractivity contribution is 6.42. The van der Waals surface area contributed by atoms with Gasteiger partial charge in [-0.25, -0.2) is 0 Å². The van der Waals surface area contributed by atoms with Crippen molar-refractivity contribution >= 4 is 35.0 Å². The Balaban J connectivity index is 1.88. The minimum absolute atomic E-state index is 0.234. The topological polar surface area (TPSA) is 91.2 Å². The number of hydrazine groups is 1. The van der Waals surface area contributed by atoms with Crippen LogP contribution in [0.25, 0.3) is 0 Å². The molecule has 0 aromatic heterocycles. The number of hydrogen-bond acceptors (Lipinski definition) is 4. The minimum Gasteiger partial charge on any atom is -0.481 e. The number of nitriles is 1. The normalized spacial score (nSPS) is 11.1. The van der Waals surface area contributed by atoms with Gasteiger partial charge in [0.2, 0.25) is 0 Å². The molecule has 0 bridgehead atoms. The fourth-order valence-corrected chi connectivity index (χ4v) is 2.09. The van der Waals surface area contributed by atoms with Gasteiger partial charge < -0.3 is 4.74 Å². The second-order valence-corrected chi connectivity index (χ2v) is 5.78. The highest BCUT2D eigenvalue weighted by Crippen LogP contribution is 2.22. The Labute approximate surface area is 154 Å². The second kappa shape index (κ2) is 8.38. The molecule has 2 aromatic carbocycles. The van der Waals surface area contributed by atoms with Crippen LogP contribution in [0.4, 0.5) is 0 Å². The predicted molar refractivity (Wildman–Crippen MR) is 93.3 cm³/mol. The first-order chi connectivity index (χ1) is 11.9. The molecular weight excluding hydrogens is 365 g/mol. The van der Waals surface area contributed by atoms with Gasteiger partial charge in [0, 0.05) is 5.56 Å². The number of rotatable bonds is 4. The monoisotopic (exact) mass is 377 g/mol. The maximum atomic E-state index is 12.0. The van der Waals surface area contributed by atoms with Crippen molar-refractivity contribution in [2.45, 2.75) is 13.0 Å². The van der Waals surface area contributed by atoms with Crippen molar-refractivity contribution in [2.24, 2.45) is 0 Å². The molecule has 0 spiro atoms. The summed E-state index contributed by atoms with van der Waals surface area (Å²) in [6.07, 6.45) is -0.859. The summed E-state index contributed by atoms with van der Waals surface area (Å²) in [6, 6.07) is 12.6. The average Bonchev–Trinajstić information content (AvgIpc) is 2.62. The van der Waals surface area contributed by atoms with Gasteiger partial charge in [-0.05, 0) is 49.4 Å². The zero-order chi connectivity index (χ0) is 18.4. The second-order valence-electron chi connectivity index (χ2n) is 4.97. The number of halogens is 2. The van der Waals surface area contributed by atoms with E-state index in [-0.39, 0.29) is 10.6 Å². The molecule has 25 heavy (non-hydrogen) atoms. The molecule has 2 amide bonds. The number of benzene rings is 2. The van der Waals surface area contributed by atoms with E-state index < -0.39 is 17.9 Å². The van der Waals surface area contributed by atoms with Gasteiger partial charge in [-0.1, -0.05) is 23.2 Å². The van der Waals surface area contributed by atoms with Crippen LogP contribution in [0.5, 0.6) is 5.75 Å². The molecule has 0 fully saturated rings. The molecule has 128 valence electrons. The van der Waals surface area contributed by atoms with Crippen molar-refractivity contribution < 1.29 is 14.3 Å². The fourth-order valence-electron chi connectivity index (χ4n) is 1.80. The third kappa shape index (κ3) is 5.11. The number of hydrogen-bond donors (Lipinski definition) is 2. The van der Waals surface area contributed by atoms with Crippen molar-refractivity contribution in [2.75, 3.05) is 0 Å². The summed E-state index contributed by atoms with van der Waals surface area (Å²) in [4.78, 5) is 23.9. The van der Waals surface area contributed by atoms with E-state index >= 15 is 0 Å². The highest BCUT2D eigenvalue weighted by atomic mass is 35.5. The van der Waals surface area contributed by atoms with Crippen LogP contribution >= 0.6 is 23.2 Å².